The summed E-state index contributed by atoms with van der Waals surface area (Å²) < 4.78 is 32.4. The van der Waals surface area contributed by atoms with Gasteiger partial charge in [-0.1, -0.05) is 24.3 Å². The van der Waals surface area contributed by atoms with E-state index in [1.165, 1.54) is 24.3 Å². The lowest BCUT2D eigenvalue weighted by Gasteiger charge is -2.08. The fourth-order valence-corrected chi connectivity index (χ4v) is 2.97. The fourth-order valence-electron chi connectivity index (χ4n) is 1.92. The molecule has 0 saturated heterocycles. The molecule has 0 fully saturated rings. The molecule has 3 N–H and O–H groups in total. The van der Waals surface area contributed by atoms with Crippen molar-refractivity contribution in [1.82, 2.24) is 10.2 Å². The second-order valence-corrected chi connectivity index (χ2v) is 6.53. The molecule has 3 aromatic rings. The molecule has 0 atom stereocenters. The number of hydrogen-bond acceptors (Lipinski definition) is 6. The molecule has 0 bridgehead atoms. The molecule has 3 rings (SSSR count). The van der Waals surface area contributed by atoms with E-state index < -0.39 is 10.0 Å². The zero-order chi connectivity index (χ0) is 17.0. The molecule has 0 aliphatic rings. The molecule has 24 heavy (non-hydrogen) atoms. The monoisotopic (exact) mass is 342 g/mol. The SMILES string of the molecule is Nc1cccc(S(=O)(=O)Nc2ccc(Oc3ccccc3)nn2)c1. The van der Waals surface area contributed by atoms with Gasteiger partial charge >= 0.3 is 0 Å². The van der Waals surface area contributed by atoms with E-state index in [0.29, 0.717) is 11.4 Å². The molecule has 0 aliphatic heterocycles. The van der Waals surface area contributed by atoms with Gasteiger partial charge in [0, 0.05) is 11.8 Å². The average Bonchev–Trinajstić information content (AvgIpc) is 2.57. The zero-order valence-electron chi connectivity index (χ0n) is 12.5. The molecule has 0 radical (unpaired) electrons. The number of ether oxygens (including phenoxy) is 1. The Balaban J connectivity index is 1.74. The Morgan fingerprint density at radius 1 is 0.917 bits per heavy atom. The molecule has 2 aromatic carbocycles. The van der Waals surface area contributed by atoms with Crippen LogP contribution in [-0.4, -0.2) is 18.6 Å². The molecule has 1 heterocycles. The highest BCUT2D eigenvalue weighted by Gasteiger charge is 2.15. The highest BCUT2D eigenvalue weighted by atomic mass is 32.2. The van der Waals surface area contributed by atoms with Crippen molar-refractivity contribution in [2.24, 2.45) is 0 Å². The van der Waals surface area contributed by atoms with Gasteiger partial charge in [0.2, 0.25) is 5.88 Å². The van der Waals surface area contributed by atoms with E-state index in [4.69, 9.17) is 10.5 Å². The van der Waals surface area contributed by atoms with Crippen molar-refractivity contribution in [2.45, 2.75) is 4.90 Å². The van der Waals surface area contributed by atoms with Gasteiger partial charge < -0.3 is 10.5 Å². The Labute approximate surface area is 139 Å². The number of para-hydroxylation sites is 1. The molecule has 0 unspecified atom stereocenters. The van der Waals surface area contributed by atoms with Gasteiger partial charge in [-0.15, -0.1) is 10.2 Å². The van der Waals surface area contributed by atoms with Crippen molar-refractivity contribution in [3.63, 3.8) is 0 Å². The number of hydrogen-bond donors (Lipinski definition) is 2. The highest BCUT2D eigenvalue weighted by Crippen LogP contribution is 2.20. The maximum absolute atomic E-state index is 12.3. The largest absolute Gasteiger partial charge is 0.438 e. The Bertz CT molecular complexity index is 929. The van der Waals surface area contributed by atoms with Crippen LogP contribution in [0.3, 0.4) is 0 Å². The first-order valence-electron chi connectivity index (χ1n) is 6.98. The summed E-state index contributed by atoms with van der Waals surface area (Å²) in [5.41, 5.74) is 5.96. The number of anilines is 2. The number of nitrogens with zero attached hydrogens (tertiary/aromatic N) is 2. The van der Waals surface area contributed by atoms with Crippen LogP contribution in [-0.2, 0) is 10.0 Å². The van der Waals surface area contributed by atoms with Crippen molar-refractivity contribution in [3.8, 4) is 11.6 Å². The molecule has 0 aliphatic carbocycles. The molecule has 122 valence electrons. The van der Waals surface area contributed by atoms with Gasteiger partial charge in [-0.25, -0.2) is 8.42 Å². The van der Waals surface area contributed by atoms with Crippen LogP contribution in [0.1, 0.15) is 0 Å². The minimum atomic E-state index is -3.78. The topological polar surface area (TPSA) is 107 Å². The number of nitrogens with one attached hydrogen (secondary N) is 1. The summed E-state index contributed by atoms with van der Waals surface area (Å²) in [6.45, 7) is 0. The summed E-state index contributed by atoms with van der Waals surface area (Å²) in [4.78, 5) is 0.0499. The summed E-state index contributed by atoms with van der Waals surface area (Å²) in [6.07, 6.45) is 0. The van der Waals surface area contributed by atoms with E-state index in [9.17, 15) is 8.42 Å². The predicted molar refractivity (Wildman–Crippen MR) is 90.2 cm³/mol. The number of sulfonamides is 1. The Morgan fingerprint density at radius 3 is 2.38 bits per heavy atom. The molecule has 0 amide bonds. The van der Waals surface area contributed by atoms with Gasteiger partial charge in [0.25, 0.3) is 10.0 Å². The molecule has 0 saturated carbocycles. The Kier molecular flexibility index (Phi) is 4.30. The predicted octanol–water partition coefficient (Wildman–Crippen LogP) is 2.65. The number of rotatable bonds is 5. The first-order chi connectivity index (χ1) is 11.5. The Hall–Kier alpha value is -3.13. The molecule has 8 heteroatoms. The van der Waals surface area contributed by atoms with Crippen LogP contribution in [0.2, 0.25) is 0 Å². The molecular formula is C16H14N4O3S. The van der Waals surface area contributed by atoms with E-state index in [-0.39, 0.29) is 16.6 Å². The number of nitrogens with two attached hydrogens (primary N) is 1. The summed E-state index contributed by atoms with van der Waals surface area (Å²) in [5.74, 6) is 0.950. The summed E-state index contributed by atoms with van der Waals surface area (Å²) in [7, 11) is -3.78. The second-order valence-electron chi connectivity index (χ2n) is 4.85. The second kappa shape index (κ2) is 6.55. The third-order valence-electron chi connectivity index (χ3n) is 3.01. The van der Waals surface area contributed by atoms with Gasteiger partial charge in [-0.05, 0) is 36.4 Å². The average molecular weight is 342 g/mol. The van der Waals surface area contributed by atoms with Crippen LogP contribution in [0.5, 0.6) is 11.6 Å². The van der Waals surface area contributed by atoms with Crippen molar-refractivity contribution >= 4 is 21.5 Å². The molecular weight excluding hydrogens is 328 g/mol. The third kappa shape index (κ3) is 3.79. The standard InChI is InChI=1S/C16H14N4O3S/c17-12-5-4-8-14(11-12)24(21,22)20-15-9-10-16(19-18-15)23-13-6-2-1-3-7-13/h1-11H,17H2,(H,18,20). The Morgan fingerprint density at radius 2 is 1.71 bits per heavy atom. The van der Waals surface area contributed by atoms with Crippen LogP contribution >= 0.6 is 0 Å². The minimum Gasteiger partial charge on any atom is -0.438 e. The van der Waals surface area contributed by atoms with E-state index in [1.54, 1.807) is 24.3 Å². The summed E-state index contributed by atoms with van der Waals surface area (Å²) in [6, 6.07) is 18.0. The lowest BCUT2D eigenvalue weighted by atomic mass is 10.3. The smallest absolute Gasteiger partial charge is 0.263 e. The lowest BCUT2D eigenvalue weighted by Crippen LogP contribution is -2.14. The lowest BCUT2D eigenvalue weighted by molar-refractivity contribution is 0.455. The van der Waals surface area contributed by atoms with Crippen LogP contribution in [0.15, 0.2) is 71.6 Å². The normalized spacial score (nSPS) is 11.0. The first-order valence-corrected chi connectivity index (χ1v) is 8.46. The molecule has 0 spiro atoms. The molecule has 1 aromatic heterocycles. The number of nitrogen functional groups attached to an aromatic ring is 1. The van der Waals surface area contributed by atoms with Crippen molar-refractivity contribution in [3.05, 3.63) is 66.7 Å². The highest BCUT2D eigenvalue weighted by molar-refractivity contribution is 7.92. The third-order valence-corrected chi connectivity index (χ3v) is 4.37. The van der Waals surface area contributed by atoms with Crippen molar-refractivity contribution in [2.75, 3.05) is 10.5 Å². The zero-order valence-corrected chi connectivity index (χ0v) is 13.3. The summed E-state index contributed by atoms with van der Waals surface area (Å²) in [5, 5.41) is 7.66. The maximum Gasteiger partial charge on any atom is 0.263 e. The van der Waals surface area contributed by atoms with E-state index >= 15 is 0 Å². The van der Waals surface area contributed by atoms with Gasteiger partial charge in [0.1, 0.15) is 5.75 Å². The quantitative estimate of drug-likeness (QED) is 0.690. The van der Waals surface area contributed by atoms with Crippen LogP contribution in [0.4, 0.5) is 11.5 Å². The number of aromatic nitrogens is 2. The first kappa shape index (κ1) is 15.8. The number of benzene rings is 2. The van der Waals surface area contributed by atoms with Gasteiger partial charge in [0.05, 0.1) is 4.90 Å². The van der Waals surface area contributed by atoms with Gasteiger partial charge in [-0.2, -0.15) is 0 Å². The van der Waals surface area contributed by atoms with E-state index in [0.717, 1.165) is 0 Å². The minimum absolute atomic E-state index is 0.0499. The summed E-state index contributed by atoms with van der Waals surface area (Å²) >= 11 is 0. The van der Waals surface area contributed by atoms with Gasteiger partial charge in [-0.3, -0.25) is 4.72 Å². The van der Waals surface area contributed by atoms with E-state index in [1.807, 2.05) is 18.2 Å². The van der Waals surface area contributed by atoms with Crippen molar-refractivity contribution < 1.29 is 13.2 Å². The van der Waals surface area contributed by atoms with Crippen molar-refractivity contribution in [1.29, 1.82) is 0 Å². The maximum atomic E-state index is 12.3. The molecule has 7 nitrogen and oxygen atoms in total. The van der Waals surface area contributed by atoms with E-state index in [2.05, 4.69) is 14.9 Å². The van der Waals surface area contributed by atoms with Crippen LogP contribution < -0.4 is 15.2 Å². The van der Waals surface area contributed by atoms with Crippen LogP contribution in [0, 0.1) is 0 Å². The van der Waals surface area contributed by atoms with Gasteiger partial charge in [0.15, 0.2) is 5.82 Å². The van der Waals surface area contributed by atoms with Crippen LogP contribution in [0.25, 0.3) is 0 Å². The fraction of sp³-hybridized carbons (Fsp3) is 0.